The van der Waals surface area contributed by atoms with E-state index in [-0.39, 0.29) is 0 Å². The van der Waals surface area contributed by atoms with Crippen LogP contribution in [0.3, 0.4) is 0 Å². The highest BCUT2D eigenvalue weighted by atomic mass is 15.3. The van der Waals surface area contributed by atoms with E-state index in [1.165, 1.54) is 63.9 Å². The molecule has 1 aromatic rings. The largest absolute Gasteiger partial charge is 0.312 e. The van der Waals surface area contributed by atoms with Crippen LogP contribution in [-0.2, 0) is 6.54 Å². The van der Waals surface area contributed by atoms with E-state index in [1.807, 2.05) is 0 Å². The Labute approximate surface area is 121 Å². The number of nitrogens with zero attached hydrogens (tertiary/aromatic N) is 3. The van der Waals surface area contributed by atoms with Crippen LogP contribution in [0, 0.1) is 5.92 Å². The van der Waals surface area contributed by atoms with Gasteiger partial charge >= 0.3 is 0 Å². The van der Waals surface area contributed by atoms with Gasteiger partial charge in [-0.3, -0.25) is 9.58 Å². The quantitative estimate of drug-likeness (QED) is 0.917. The predicted molar refractivity (Wildman–Crippen MR) is 79.5 cm³/mol. The van der Waals surface area contributed by atoms with E-state index in [0.717, 1.165) is 18.5 Å². The number of aromatic nitrogens is 2. The van der Waals surface area contributed by atoms with E-state index in [4.69, 9.17) is 5.10 Å². The molecule has 3 heterocycles. The zero-order valence-corrected chi connectivity index (χ0v) is 12.3. The summed E-state index contributed by atoms with van der Waals surface area (Å²) in [5, 5.41) is 8.51. The van der Waals surface area contributed by atoms with Crippen LogP contribution in [0.5, 0.6) is 0 Å². The van der Waals surface area contributed by atoms with Gasteiger partial charge in [-0.1, -0.05) is 12.8 Å². The molecule has 0 spiro atoms. The van der Waals surface area contributed by atoms with Gasteiger partial charge in [0, 0.05) is 31.9 Å². The van der Waals surface area contributed by atoms with Crippen LogP contribution >= 0.6 is 0 Å². The van der Waals surface area contributed by atoms with E-state index in [2.05, 4.69) is 27.2 Å². The first-order valence-corrected chi connectivity index (χ1v) is 8.38. The van der Waals surface area contributed by atoms with Crippen molar-refractivity contribution in [1.82, 2.24) is 20.0 Å². The topological polar surface area (TPSA) is 33.1 Å². The molecule has 110 valence electrons. The molecule has 2 atom stereocenters. The van der Waals surface area contributed by atoms with E-state index in [1.54, 1.807) is 0 Å². The first-order valence-electron chi connectivity index (χ1n) is 8.38. The predicted octanol–water partition coefficient (Wildman–Crippen LogP) is 2.18. The molecule has 0 radical (unpaired) electrons. The molecule has 0 bridgehead atoms. The standard InChI is InChI=1S/C16H26N4/c1-2-6-15(5-1)20-9-7-14(18-20)11-19-10-13-4-3-8-17-16(13)12-19/h7,9,13,15-17H,1-6,8,10-12H2/t13-,16+/m0/s1. The molecule has 0 unspecified atom stereocenters. The van der Waals surface area contributed by atoms with Gasteiger partial charge in [-0.2, -0.15) is 5.10 Å². The maximum atomic E-state index is 4.83. The second-order valence-electron chi connectivity index (χ2n) is 6.88. The van der Waals surface area contributed by atoms with Gasteiger partial charge < -0.3 is 5.32 Å². The molecular formula is C16H26N4. The smallest absolute Gasteiger partial charge is 0.0764 e. The normalized spacial score (nSPS) is 31.8. The third-order valence-corrected chi connectivity index (χ3v) is 5.42. The zero-order valence-electron chi connectivity index (χ0n) is 12.3. The molecule has 1 aliphatic carbocycles. The average molecular weight is 274 g/mol. The number of hydrogen-bond acceptors (Lipinski definition) is 3. The minimum absolute atomic E-state index is 0.673. The number of likely N-dealkylation sites (tertiary alicyclic amines) is 1. The van der Waals surface area contributed by atoms with Crippen molar-refractivity contribution in [2.45, 2.75) is 57.2 Å². The Hall–Kier alpha value is -0.870. The van der Waals surface area contributed by atoms with Crippen LogP contribution < -0.4 is 5.32 Å². The van der Waals surface area contributed by atoms with Crippen molar-refractivity contribution in [3.63, 3.8) is 0 Å². The Kier molecular flexibility index (Phi) is 3.52. The summed E-state index contributed by atoms with van der Waals surface area (Å²) in [6, 6.07) is 3.64. The fourth-order valence-electron chi connectivity index (χ4n) is 4.33. The fourth-order valence-corrected chi connectivity index (χ4v) is 4.33. The molecular weight excluding hydrogens is 248 g/mol. The van der Waals surface area contributed by atoms with Crippen LogP contribution in [0.4, 0.5) is 0 Å². The lowest BCUT2D eigenvalue weighted by atomic mass is 9.94. The number of piperidine rings is 1. The summed E-state index contributed by atoms with van der Waals surface area (Å²) in [5.41, 5.74) is 1.26. The Morgan fingerprint density at radius 3 is 2.90 bits per heavy atom. The lowest BCUT2D eigenvalue weighted by Crippen LogP contribution is -2.40. The summed E-state index contributed by atoms with van der Waals surface area (Å²) < 4.78 is 2.23. The third-order valence-electron chi connectivity index (χ3n) is 5.42. The molecule has 2 aliphatic heterocycles. The van der Waals surface area contributed by atoms with Crippen LogP contribution in [0.25, 0.3) is 0 Å². The van der Waals surface area contributed by atoms with Crippen LogP contribution in [0.15, 0.2) is 12.3 Å². The number of rotatable bonds is 3. The molecule has 4 rings (SSSR count). The van der Waals surface area contributed by atoms with E-state index in [9.17, 15) is 0 Å². The molecule has 3 aliphatic rings. The number of fused-ring (bicyclic) bond motifs is 1. The molecule has 2 saturated heterocycles. The summed E-state index contributed by atoms with van der Waals surface area (Å²) in [7, 11) is 0. The zero-order chi connectivity index (χ0) is 13.4. The highest BCUT2D eigenvalue weighted by molar-refractivity contribution is 5.02. The molecule has 3 fully saturated rings. The molecule has 1 saturated carbocycles. The van der Waals surface area contributed by atoms with Gasteiger partial charge in [0.05, 0.1) is 11.7 Å². The van der Waals surface area contributed by atoms with Crippen molar-refractivity contribution >= 4 is 0 Å². The van der Waals surface area contributed by atoms with Crippen LogP contribution in [0.1, 0.15) is 50.3 Å². The average Bonchev–Trinajstić information content (AvgIpc) is 3.18. The summed E-state index contributed by atoms with van der Waals surface area (Å²) in [5.74, 6) is 0.876. The first kappa shape index (κ1) is 12.8. The Morgan fingerprint density at radius 2 is 2.05 bits per heavy atom. The summed E-state index contributed by atoms with van der Waals surface area (Å²) in [6.07, 6.45) is 10.3. The third kappa shape index (κ3) is 2.51. The van der Waals surface area contributed by atoms with Gasteiger partial charge in [-0.15, -0.1) is 0 Å². The first-order chi connectivity index (χ1) is 9.88. The van der Waals surface area contributed by atoms with Gasteiger partial charge in [0.15, 0.2) is 0 Å². The van der Waals surface area contributed by atoms with Crippen LogP contribution in [0.2, 0.25) is 0 Å². The van der Waals surface area contributed by atoms with Crippen molar-refractivity contribution < 1.29 is 0 Å². The number of hydrogen-bond donors (Lipinski definition) is 1. The SMILES string of the molecule is c1cn(C2CCCC2)nc1CN1C[C@@H]2CCCN[C@@H]2C1. The molecule has 1 N–H and O–H groups in total. The van der Waals surface area contributed by atoms with Gasteiger partial charge in [0.25, 0.3) is 0 Å². The minimum atomic E-state index is 0.673. The Morgan fingerprint density at radius 1 is 1.15 bits per heavy atom. The molecule has 4 nitrogen and oxygen atoms in total. The maximum absolute atomic E-state index is 4.83. The lowest BCUT2D eigenvalue weighted by Gasteiger charge is -2.24. The second-order valence-corrected chi connectivity index (χ2v) is 6.88. The van der Waals surface area contributed by atoms with E-state index < -0.39 is 0 Å². The molecule has 0 amide bonds. The van der Waals surface area contributed by atoms with Crippen molar-refractivity contribution in [2.24, 2.45) is 5.92 Å². The molecule has 0 aromatic carbocycles. The summed E-state index contributed by atoms with van der Waals surface area (Å²) in [6.45, 7) is 4.72. The highest BCUT2D eigenvalue weighted by Gasteiger charge is 2.34. The summed E-state index contributed by atoms with van der Waals surface area (Å²) >= 11 is 0. The second kappa shape index (κ2) is 5.49. The van der Waals surface area contributed by atoms with Crippen molar-refractivity contribution in [1.29, 1.82) is 0 Å². The van der Waals surface area contributed by atoms with Gasteiger partial charge in [-0.25, -0.2) is 0 Å². The highest BCUT2D eigenvalue weighted by Crippen LogP contribution is 2.29. The lowest BCUT2D eigenvalue weighted by molar-refractivity contribution is 0.306. The molecule has 20 heavy (non-hydrogen) atoms. The van der Waals surface area contributed by atoms with Gasteiger partial charge in [0.1, 0.15) is 0 Å². The Bertz CT molecular complexity index is 435. The fraction of sp³-hybridized carbons (Fsp3) is 0.812. The van der Waals surface area contributed by atoms with Crippen molar-refractivity contribution in [2.75, 3.05) is 19.6 Å². The molecule has 1 aromatic heterocycles. The Balaban J connectivity index is 1.37. The van der Waals surface area contributed by atoms with E-state index in [0.29, 0.717) is 6.04 Å². The van der Waals surface area contributed by atoms with E-state index >= 15 is 0 Å². The number of nitrogens with one attached hydrogen (secondary N) is 1. The van der Waals surface area contributed by atoms with Crippen molar-refractivity contribution in [3.05, 3.63) is 18.0 Å². The minimum Gasteiger partial charge on any atom is -0.312 e. The van der Waals surface area contributed by atoms with Crippen molar-refractivity contribution in [3.8, 4) is 0 Å². The summed E-state index contributed by atoms with van der Waals surface area (Å²) in [4.78, 5) is 2.59. The maximum Gasteiger partial charge on any atom is 0.0764 e. The monoisotopic (exact) mass is 274 g/mol. The van der Waals surface area contributed by atoms with Crippen LogP contribution in [-0.4, -0.2) is 40.4 Å². The van der Waals surface area contributed by atoms with Gasteiger partial charge in [0.2, 0.25) is 0 Å². The van der Waals surface area contributed by atoms with Gasteiger partial charge in [-0.05, 0) is 44.2 Å². The molecule has 4 heteroatoms.